The van der Waals surface area contributed by atoms with Gasteiger partial charge in [-0.1, -0.05) is 6.07 Å². The van der Waals surface area contributed by atoms with Gasteiger partial charge in [0.2, 0.25) is 11.8 Å². The van der Waals surface area contributed by atoms with Crippen LogP contribution in [0.5, 0.6) is 5.88 Å². The number of aromatic nitrogens is 5. The third kappa shape index (κ3) is 2.86. The standard InChI is InChI=1S/C18H18N6O3.H2/c1-10-12-6-5-11(7-13(12)22-21-10)19-18-20-16-3-2-4-17(24(16)23-18)27-15-9-26-8-14(15)25;/h2-7,14-15,25H,8-9H2,1H3,(H,19,23)(H,21,22);1H/t14-,15?;/m0./s1. The van der Waals surface area contributed by atoms with Crippen LogP contribution in [0, 0.1) is 6.92 Å². The Morgan fingerprint density at radius 1 is 1.33 bits per heavy atom. The van der Waals surface area contributed by atoms with Crippen molar-refractivity contribution in [3.8, 4) is 5.88 Å². The van der Waals surface area contributed by atoms with Gasteiger partial charge in [0.05, 0.1) is 18.7 Å². The monoisotopic (exact) mass is 368 g/mol. The summed E-state index contributed by atoms with van der Waals surface area (Å²) in [6.07, 6.45) is -1.06. The van der Waals surface area contributed by atoms with Crippen molar-refractivity contribution in [2.75, 3.05) is 18.5 Å². The molecule has 1 aromatic carbocycles. The van der Waals surface area contributed by atoms with Crippen LogP contribution in [-0.2, 0) is 4.74 Å². The third-order valence-electron chi connectivity index (χ3n) is 4.60. The van der Waals surface area contributed by atoms with Crippen LogP contribution in [0.2, 0.25) is 0 Å². The lowest BCUT2D eigenvalue weighted by Gasteiger charge is -2.15. The first-order valence-corrected chi connectivity index (χ1v) is 8.67. The SMILES string of the molecule is Cc1[nH]nc2cc(Nc3nc4cccc(OC5COC[C@@H]5O)n4n3)ccc12.[HH]. The van der Waals surface area contributed by atoms with Gasteiger partial charge in [-0.3, -0.25) is 5.10 Å². The van der Waals surface area contributed by atoms with E-state index in [1.54, 1.807) is 10.6 Å². The van der Waals surface area contributed by atoms with Crippen LogP contribution in [0.15, 0.2) is 36.4 Å². The Kier molecular flexibility index (Phi) is 3.69. The number of hydrogen-bond acceptors (Lipinski definition) is 7. The Morgan fingerprint density at radius 2 is 2.26 bits per heavy atom. The predicted octanol–water partition coefficient (Wildman–Crippen LogP) is 2.04. The van der Waals surface area contributed by atoms with Crippen molar-refractivity contribution in [3.63, 3.8) is 0 Å². The van der Waals surface area contributed by atoms with Gasteiger partial charge < -0.3 is 19.9 Å². The van der Waals surface area contributed by atoms with Crippen molar-refractivity contribution in [2.24, 2.45) is 0 Å². The molecule has 0 radical (unpaired) electrons. The number of H-pyrrole nitrogens is 1. The van der Waals surface area contributed by atoms with Crippen molar-refractivity contribution >= 4 is 28.2 Å². The van der Waals surface area contributed by atoms with E-state index in [4.69, 9.17) is 9.47 Å². The van der Waals surface area contributed by atoms with Crippen LogP contribution in [0.4, 0.5) is 11.6 Å². The van der Waals surface area contributed by atoms with Crippen molar-refractivity contribution in [1.82, 2.24) is 24.8 Å². The zero-order valence-electron chi connectivity index (χ0n) is 14.6. The molecule has 1 unspecified atom stereocenters. The topological polar surface area (TPSA) is 110 Å². The Morgan fingerprint density at radius 3 is 3.11 bits per heavy atom. The number of aliphatic hydroxyl groups excluding tert-OH is 1. The molecule has 9 heteroatoms. The molecule has 3 N–H and O–H groups in total. The number of rotatable bonds is 4. The fourth-order valence-electron chi connectivity index (χ4n) is 3.17. The molecule has 9 nitrogen and oxygen atoms in total. The maximum atomic E-state index is 9.89. The van der Waals surface area contributed by atoms with E-state index in [0.717, 1.165) is 22.3 Å². The second-order valence-corrected chi connectivity index (χ2v) is 6.54. The highest BCUT2D eigenvalue weighted by atomic mass is 16.6. The Labute approximate surface area is 155 Å². The molecule has 4 aromatic rings. The minimum atomic E-state index is -0.648. The summed E-state index contributed by atoms with van der Waals surface area (Å²) >= 11 is 0. The molecule has 1 fully saturated rings. The summed E-state index contributed by atoms with van der Waals surface area (Å²) in [6, 6.07) is 11.4. The number of aryl methyl sites for hydroxylation is 1. The van der Waals surface area contributed by atoms with Gasteiger partial charge in [-0.15, -0.1) is 5.10 Å². The number of pyridine rings is 1. The summed E-state index contributed by atoms with van der Waals surface area (Å²) in [5, 5.41) is 25.9. The molecule has 1 aliphatic heterocycles. The van der Waals surface area contributed by atoms with Crippen molar-refractivity contribution < 1.29 is 16.0 Å². The molecular weight excluding hydrogens is 348 g/mol. The average Bonchev–Trinajstić information content (AvgIpc) is 3.35. The molecule has 0 bridgehead atoms. The maximum absolute atomic E-state index is 9.89. The molecular formula is C18H20N6O3. The predicted molar refractivity (Wildman–Crippen MR) is 100 cm³/mol. The first-order chi connectivity index (χ1) is 13.2. The van der Waals surface area contributed by atoms with Gasteiger partial charge in [-0.05, 0) is 31.2 Å². The van der Waals surface area contributed by atoms with Gasteiger partial charge in [-0.25, -0.2) is 0 Å². The van der Waals surface area contributed by atoms with Crippen LogP contribution < -0.4 is 10.1 Å². The van der Waals surface area contributed by atoms with E-state index in [1.807, 2.05) is 37.3 Å². The quantitative estimate of drug-likeness (QED) is 0.506. The number of benzene rings is 1. The van der Waals surface area contributed by atoms with E-state index in [0.29, 0.717) is 24.1 Å². The Balaban J connectivity index is 0.00000192. The number of hydrogen-bond donors (Lipinski definition) is 3. The molecule has 2 atom stereocenters. The molecule has 3 aromatic heterocycles. The first kappa shape index (κ1) is 16.0. The number of fused-ring (bicyclic) bond motifs is 2. The fourth-order valence-corrected chi connectivity index (χ4v) is 3.17. The van der Waals surface area contributed by atoms with Gasteiger partial charge in [0.15, 0.2) is 11.8 Å². The zero-order valence-corrected chi connectivity index (χ0v) is 14.6. The molecule has 140 valence electrons. The lowest BCUT2D eigenvalue weighted by atomic mass is 10.2. The van der Waals surface area contributed by atoms with Gasteiger partial charge >= 0.3 is 0 Å². The number of ether oxygens (including phenoxy) is 2. The summed E-state index contributed by atoms with van der Waals surface area (Å²) in [5.41, 5.74) is 3.38. The Bertz CT molecular complexity index is 1130. The van der Waals surface area contributed by atoms with Gasteiger partial charge in [0.25, 0.3) is 0 Å². The zero-order chi connectivity index (χ0) is 18.4. The van der Waals surface area contributed by atoms with Crippen molar-refractivity contribution in [1.29, 1.82) is 0 Å². The molecule has 4 heterocycles. The van der Waals surface area contributed by atoms with E-state index < -0.39 is 12.2 Å². The van der Waals surface area contributed by atoms with Crippen LogP contribution >= 0.6 is 0 Å². The molecule has 0 aliphatic carbocycles. The highest BCUT2D eigenvalue weighted by Crippen LogP contribution is 2.23. The maximum Gasteiger partial charge on any atom is 0.247 e. The van der Waals surface area contributed by atoms with Crippen molar-refractivity contribution in [2.45, 2.75) is 19.1 Å². The van der Waals surface area contributed by atoms with E-state index in [9.17, 15) is 5.11 Å². The fraction of sp³-hybridized carbons (Fsp3) is 0.278. The van der Waals surface area contributed by atoms with E-state index in [1.165, 1.54) is 0 Å². The van der Waals surface area contributed by atoms with Gasteiger partial charge in [0, 0.05) is 24.3 Å². The number of anilines is 2. The first-order valence-electron chi connectivity index (χ1n) is 8.67. The molecule has 0 spiro atoms. The largest absolute Gasteiger partial charge is 0.469 e. The summed E-state index contributed by atoms with van der Waals surface area (Å²) in [4.78, 5) is 4.49. The number of aromatic amines is 1. The molecule has 0 saturated carbocycles. The lowest BCUT2D eigenvalue weighted by Crippen LogP contribution is -2.30. The smallest absolute Gasteiger partial charge is 0.247 e. The normalized spacial score (nSPS) is 19.8. The summed E-state index contributed by atoms with van der Waals surface area (Å²) in [6.45, 7) is 2.61. The summed E-state index contributed by atoms with van der Waals surface area (Å²) < 4.78 is 12.7. The van der Waals surface area contributed by atoms with Crippen LogP contribution in [-0.4, -0.2) is 55.3 Å². The van der Waals surface area contributed by atoms with E-state index in [-0.39, 0.29) is 8.03 Å². The molecule has 1 saturated heterocycles. The summed E-state index contributed by atoms with van der Waals surface area (Å²) in [5.74, 6) is 0.946. The van der Waals surface area contributed by atoms with Gasteiger partial charge in [-0.2, -0.15) is 14.6 Å². The minimum Gasteiger partial charge on any atom is -0.469 e. The second kappa shape index (κ2) is 6.22. The van der Waals surface area contributed by atoms with E-state index >= 15 is 0 Å². The van der Waals surface area contributed by atoms with Gasteiger partial charge in [0.1, 0.15) is 6.10 Å². The van der Waals surface area contributed by atoms with E-state index in [2.05, 4.69) is 25.6 Å². The van der Waals surface area contributed by atoms with Crippen LogP contribution in [0.1, 0.15) is 7.12 Å². The average molecular weight is 368 g/mol. The third-order valence-corrected chi connectivity index (χ3v) is 4.60. The second-order valence-electron chi connectivity index (χ2n) is 6.54. The number of nitrogens with one attached hydrogen (secondary N) is 2. The lowest BCUT2D eigenvalue weighted by molar-refractivity contribution is 0.0688. The van der Waals surface area contributed by atoms with Crippen molar-refractivity contribution in [3.05, 3.63) is 42.1 Å². The molecule has 27 heavy (non-hydrogen) atoms. The molecule has 5 rings (SSSR count). The number of nitrogens with zero attached hydrogens (tertiary/aromatic N) is 4. The van der Waals surface area contributed by atoms with Crippen LogP contribution in [0.25, 0.3) is 16.6 Å². The highest BCUT2D eigenvalue weighted by molar-refractivity contribution is 5.84. The minimum absolute atomic E-state index is 0. The Hall–Kier alpha value is -3.17. The molecule has 0 amide bonds. The van der Waals surface area contributed by atoms with Crippen LogP contribution in [0.3, 0.4) is 0 Å². The highest BCUT2D eigenvalue weighted by Gasteiger charge is 2.28. The number of aliphatic hydroxyl groups is 1. The summed E-state index contributed by atoms with van der Waals surface area (Å²) in [7, 11) is 0. The molecule has 1 aliphatic rings.